The summed E-state index contributed by atoms with van der Waals surface area (Å²) >= 11 is 0. The number of fused-ring (bicyclic) bond motifs is 2. The average Bonchev–Trinajstić information content (AvgIpc) is 3.39. The van der Waals surface area contributed by atoms with Gasteiger partial charge in [-0.05, 0) is 31.4 Å². The topological polar surface area (TPSA) is 127 Å². The molecular formula is C24H32O10. The molecule has 0 amide bonds. The van der Waals surface area contributed by atoms with Gasteiger partial charge in [0.1, 0.15) is 17.8 Å². The van der Waals surface area contributed by atoms with Gasteiger partial charge in [-0.15, -0.1) is 0 Å². The Balaban J connectivity index is 1.81. The van der Waals surface area contributed by atoms with E-state index in [4.69, 9.17) is 28.4 Å². The third-order valence-electron chi connectivity index (χ3n) is 5.64. The Morgan fingerprint density at radius 3 is 2.35 bits per heavy atom. The number of epoxide rings is 1. The molecule has 34 heavy (non-hydrogen) atoms. The van der Waals surface area contributed by atoms with Gasteiger partial charge in [-0.3, -0.25) is 19.2 Å². The molecule has 2 heterocycles. The second-order valence-corrected chi connectivity index (χ2v) is 9.80. The Bertz CT molecular complexity index is 909. The van der Waals surface area contributed by atoms with Crippen molar-refractivity contribution in [2.75, 3.05) is 13.2 Å². The van der Waals surface area contributed by atoms with E-state index in [0.717, 1.165) is 0 Å². The number of ether oxygens (including phenoxy) is 6. The summed E-state index contributed by atoms with van der Waals surface area (Å²) in [5.41, 5.74) is -0.770. The molecule has 1 saturated heterocycles. The monoisotopic (exact) mass is 480 g/mol. The fourth-order valence-corrected chi connectivity index (χ4v) is 4.25. The van der Waals surface area contributed by atoms with Gasteiger partial charge in [-0.2, -0.15) is 0 Å². The first-order valence-electron chi connectivity index (χ1n) is 11.3. The minimum atomic E-state index is -1.07. The molecule has 0 aromatic heterocycles. The van der Waals surface area contributed by atoms with E-state index in [1.165, 1.54) is 20.1 Å². The molecular weight excluding hydrogens is 448 g/mol. The molecule has 0 radical (unpaired) electrons. The highest BCUT2D eigenvalue weighted by Gasteiger charge is 2.68. The molecule has 0 saturated carbocycles. The fourth-order valence-electron chi connectivity index (χ4n) is 4.25. The van der Waals surface area contributed by atoms with Crippen LogP contribution in [0, 0.1) is 11.8 Å². The lowest BCUT2D eigenvalue weighted by molar-refractivity contribution is -0.190. The van der Waals surface area contributed by atoms with Crippen LogP contribution in [0.2, 0.25) is 0 Å². The zero-order chi connectivity index (χ0) is 25.3. The number of hydrogen-bond donors (Lipinski definition) is 0. The molecule has 3 rings (SSSR count). The van der Waals surface area contributed by atoms with Crippen LogP contribution in [0.1, 0.15) is 54.4 Å². The predicted molar refractivity (Wildman–Crippen MR) is 116 cm³/mol. The van der Waals surface area contributed by atoms with Gasteiger partial charge in [0.05, 0.1) is 25.2 Å². The van der Waals surface area contributed by atoms with Gasteiger partial charge in [-0.1, -0.05) is 13.8 Å². The molecule has 1 fully saturated rings. The summed E-state index contributed by atoms with van der Waals surface area (Å²) < 4.78 is 33.1. The Labute approximate surface area is 198 Å². The largest absolute Gasteiger partial charge is 0.461 e. The maximum absolute atomic E-state index is 12.7. The molecule has 0 aromatic rings. The zero-order valence-corrected chi connectivity index (χ0v) is 20.4. The Morgan fingerprint density at radius 2 is 1.79 bits per heavy atom. The molecule has 0 unspecified atom stereocenters. The van der Waals surface area contributed by atoms with Gasteiger partial charge in [0, 0.05) is 25.8 Å². The van der Waals surface area contributed by atoms with Crippen LogP contribution in [-0.4, -0.2) is 60.7 Å². The van der Waals surface area contributed by atoms with E-state index in [1.54, 1.807) is 19.9 Å². The second-order valence-electron chi connectivity index (χ2n) is 9.80. The standard InChI is InChI=1S/C24H32O10/c1-13(2)7-19(27)32-18-8-17-16(10-29-14(3)25)11-30-22(21(17)24(18)12-31-24)33-20(28)9-23(5,6)34-15(4)26/h8,11,13,18,21-22H,7,9-10,12H2,1-6H3/t18-,21+,22+,24-/m1/s1. The van der Waals surface area contributed by atoms with Crippen molar-refractivity contribution in [2.45, 2.75) is 78.0 Å². The number of carbonyl (C=O) groups excluding carboxylic acids is 4. The van der Waals surface area contributed by atoms with Crippen LogP contribution in [-0.2, 0) is 47.6 Å². The summed E-state index contributed by atoms with van der Waals surface area (Å²) in [6, 6.07) is 0. The molecule has 10 heteroatoms. The first-order valence-corrected chi connectivity index (χ1v) is 11.3. The van der Waals surface area contributed by atoms with Crippen molar-refractivity contribution in [1.82, 2.24) is 0 Å². The van der Waals surface area contributed by atoms with Crippen molar-refractivity contribution in [1.29, 1.82) is 0 Å². The smallest absolute Gasteiger partial charge is 0.312 e. The lowest BCUT2D eigenvalue weighted by Gasteiger charge is -2.34. The minimum absolute atomic E-state index is 0.0550. The van der Waals surface area contributed by atoms with Gasteiger partial charge < -0.3 is 28.4 Å². The maximum atomic E-state index is 12.7. The Morgan fingerprint density at radius 1 is 1.12 bits per heavy atom. The Kier molecular flexibility index (Phi) is 7.40. The number of hydrogen-bond acceptors (Lipinski definition) is 10. The normalized spacial score (nSPS) is 27.2. The highest BCUT2D eigenvalue weighted by atomic mass is 16.7. The molecule has 3 aliphatic rings. The predicted octanol–water partition coefficient (Wildman–Crippen LogP) is 2.35. The summed E-state index contributed by atoms with van der Waals surface area (Å²) in [5, 5.41) is 0. The van der Waals surface area contributed by atoms with E-state index in [-0.39, 0.29) is 37.9 Å². The van der Waals surface area contributed by atoms with Crippen molar-refractivity contribution < 1.29 is 47.6 Å². The first kappa shape index (κ1) is 25.7. The van der Waals surface area contributed by atoms with Crippen LogP contribution < -0.4 is 0 Å². The van der Waals surface area contributed by atoms with Gasteiger partial charge in [0.2, 0.25) is 0 Å². The van der Waals surface area contributed by atoms with Gasteiger partial charge in [-0.25, -0.2) is 0 Å². The van der Waals surface area contributed by atoms with Crippen molar-refractivity contribution >= 4 is 23.9 Å². The van der Waals surface area contributed by atoms with Crippen LogP contribution in [0.3, 0.4) is 0 Å². The van der Waals surface area contributed by atoms with Crippen LogP contribution in [0.5, 0.6) is 0 Å². The van der Waals surface area contributed by atoms with Crippen molar-refractivity contribution in [3.05, 3.63) is 23.5 Å². The van der Waals surface area contributed by atoms with E-state index in [0.29, 0.717) is 11.1 Å². The van der Waals surface area contributed by atoms with Crippen LogP contribution in [0.4, 0.5) is 0 Å². The lowest BCUT2D eigenvalue weighted by atomic mass is 9.85. The third kappa shape index (κ3) is 5.97. The van der Waals surface area contributed by atoms with E-state index in [1.807, 2.05) is 13.8 Å². The second kappa shape index (κ2) is 9.77. The van der Waals surface area contributed by atoms with Crippen LogP contribution in [0.25, 0.3) is 0 Å². The van der Waals surface area contributed by atoms with E-state index >= 15 is 0 Å². The molecule has 0 aromatic carbocycles. The summed E-state index contributed by atoms with van der Waals surface area (Å²) in [5.74, 6) is -2.45. The molecule has 0 bridgehead atoms. The quantitative estimate of drug-likeness (QED) is 0.276. The van der Waals surface area contributed by atoms with Crippen molar-refractivity contribution in [3.8, 4) is 0 Å². The molecule has 1 aliphatic carbocycles. The van der Waals surface area contributed by atoms with Crippen molar-refractivity contribution in [2.24, 2.45) is 11.8 Å². The summed E-state index contributed by atoms with van der Waals surface area (Å²) in [4.78, 5) is 47.7. The number of carbonyl (C=O) groups is 4. The fraction of sp³-hybridized carbons (Fsp3) is 0.667. The van der Waals surface area contributed by atoms with Gasteiger partial charge in [0.15, 0.2) is 6.10 Å². The summed E-state index contributed by atoms with van der Waals surface area (Å²) in [6.45, 7) is 9.81. The number of rotatable bonds is 9. The van der Waals surface area contributed by atoms with E-state index in [9.17, 15) is 19.2 Å². The highest BCUT2D eigenvalue weighted by molar-refractivity contribution is 5.73. The molecule has 10 nitrogen and oxygen atoms in total. The van der Waals surface area contributed by atoms with Crippen LogP contribution >= 0.6 is 0 Å². The summed E-state index contributed by atoms with van der Waals surface area (Å²) in [7, 11) is 0. The molecule has 0 N–H and O–H groups in total. The molecule has 4 atom stereocenters. The van der Waals surface area contributed by atoms with E-state index < -0.39 is 47.4 Å². The molecule has 188 valence electrons. The van der Waals surface area contributed by atoms with Crippen molar-refractivity contribution in [3.63, 3.8) is 0 Å². The summed E-state index contributed by atoms with van der Waals surface area (Å²) in [6.07, 6.45) is 1.40. The van der Waals surface area contributed by atoms with Crippen LogP contribution in [0.15, 0.2) is 23.5 Å². The highest BCUT2D eigenvalue weighted by Crippen LogP contribution is 2.54. The Hall–Kier alpha value is -2.88. The minimum Gasteiger partial charge on any atom is -0.461 e. The van der Waals surface area contributed by atoms with E-state index in [2.05, 4.69) is 0 Å². The zero-order valence-electron chi connectivity index (χ0n) is 20.4. The molecule has 1 spiro atoms. The van der Waals surface area contributed by atoms with Gasteiger partial charge >= 0.3 is 23.9 Å². The first-order chi connectivity index (χ1) is 15.8. The third-order valence-corrected chi connectivity index (χ3v) is 5.64. The lowest BCUT2D eigenvalue weighted by Crippen LogP contribution is -2.45. The van der Waals surface area contributed by atoms with Gasteiger partial charge in [0.25, 0.3) is 6.29 Å². The average molecular weight is 481 g/mol. The molecule has 2 aliphatic heterocycles. The maximum Gasteiger partial charge on any atom is 0.312 e. The SMILES string of the molecule is CC(=O)OCC1=CO[C@@H](OC(=O)CC(C)(C)OC(C)=O)[C@@H]2C1=C[C@@H](OC(=O)CC(C)C)[C@]21CO1. The number of esters is 4.